The number of carbonyl (C=O) groups excluding carboxylic acids is 4. The fourth-order valence-corrected chi connectivity index (χ4v) is 4.41. The lowest BCUT2D eigenvalue weighted by Gasteiger charge is -2.07. The molecular formula is C40H32N4O8. The first-order valence-electron chi connectivity index (χ1n) is 15.5. The second kappa shape index (κ2) is 16.7. The minimum atomic E-state index is -0.603. The molecule has 0 aliphatic heterocycles. The molecule has 6 aromatic carbocycles. The molecule has 0 atom stereocenters. The van der Waals surface area contributed by atoms with Crippen LogP contribution in [0.1, 0.15) is 41.4 Å². The van der Waals surface area contributed by atoms with Crippen molar-refractivity contribution >= 4 is 46.6 Å². The van der Waals surface area contributed by atoms with Gasteiger partial charge in [0, 0.05) is 34.9 Å². The highest BCUT2D eigenvalue weighted by Gasteiger charge is 2.15. The smallest absolute Gasteiger partial charge is 0.343 e. The first kappa shape index (κ1) is 35.7. The van der Waals surface area contributed by atoms with E-state index in [-0.39, 0.29) is 11.1 Å². The predicted octanol–water partition coefficient (Wildman–Crippen LogP) is 6.58. The molecule has 6 aromatic rings. The minimum absolute atomic E-state index is 0.217. The van der Waals surface area contributed by atoms with Gasteiger partial charge in [-0.25, -0.2) is 19.2 Å². The molecule has 12 nitrogen and oxygen atoms in total. The Balaban J connectivity index is 0.000000201. The molecule has 0 fully saturated rings. The van der Waals surface area contributed by atoms with Crippen LogP contribution in [0, 0.1) is 0 Å². The van der Waals surface area contributed by atoms with Crippen molar-refractivity contribution in [3.05, 3.63) is 168 Å². The second-order valence-electron chi connectivity index (χ2n) is 11.0. The van der Waals surface area contributed by atoms with Crippen molar-refractivity contribution in [1.29, 1.82) is 0 Å². The van der Waals surface area contributed by atoms with Crippen molar-refractivity contribution in [3.8, 4) is 23.0 Å². The molecule has 0 aliphatic rings. The summed E-state index contributed by atoms with van der Waals surface area (Å²) < 4.78 is 21.0. The van der Waals surface area contributed by atoms with E-state index in [1.54, 1.807) is 103 Å². The first-order valence-corrected chi connectivity index (χ1v) is 15.5. The zero-order valence-electron chi connectivity index (χ0n) is 27.4. The lowest BCUT2D eigenvalue weighted by molar-refractivity contribution is 0.0720. The predicted molar refractivity (Wildman–Crippen MR) is 196 cm³/mol. The van der Waals surface area contributed by atoms with E-state index < -0.39 is 23.9 Å². The Morgan fingerprint density at radius 3 is 1.00 bits per heavy atom. The van der Waals surface area contributed by atoms with Crippen molar-refractivity contribution in [1.82, 2.24) is 0 Å². The van der Waals surface area contributed by atoms with Crippen LogP contribution in [0.25, 0.3) is 0 Å². The summed E-state index contributed by atoms with van der Waals surface area (Å²) in [5.41, 5.74) is 25.7. The highest BCUT2D eigenvalue weighted by atomic mass is 16.5. The van der Waals surface area contributed by atoms with Gasteiger partial charge in [0.05, 0.1) is 22.3 Å². The van der Waals surface area contributed by atoms with Crippen molar-refractivity contribution < 1.29 is 38.1 Å². The molecular weight excluding hydrogens is 664 g/mol. The van der Waals surface area contributed by atoms with Crippen LogP contribution in [0.15, 0.2) is 146 Å². The molecule has 0 bridgehead atoms. The summed E-state index contributed by atoms with van der Waals surface area (Å²) in [6, 6.07) is 38.1. The number of hydrogen-bond donors (Lipinski definition) is 4. The van der Waals surface area contributed by atoms with Crippen LogP contribution < -0.4 is 41.9 Å². The van der Waals surface area contributed by atoms with Gasteiger partial charge in [0.25, 0.3) is 0 Å². The molecule has 0 heterocycles. The van der Waals surface area contributed by atoms with Gasteiger partial charge in [-0.1, -0.05) is 18.2 Å². The third kappa shape index (κ3) is 10.2. The Morgan fingerprint density at radius 2 is 0.635 bits per heavy atom. The third-order valence-electron chi connectivity index (χ3n) is 7.01. The lowest BCUT2D eigenvalue weighted by atomic mass is 10.1. The van der Waals surface area contributed by atoms with E-state index in [1.807, 2.05) is 0 Å². The van der Waals surface area contributed by atoms with Gasteiger partial charge in [0.1, 0.15) is 23.0 Å². The third-order valence-corrected chi connectivity index (χ3v) is 7.01. The molecule has 0 aliphatic carbocycles. The number of carbonyl (C=O) groups is 4. The second-order valence-corrected chi connectivity index (χ2v) is 11.0. The van der Waals surface area contributed by atoms with Gasteiger partial charge < -0.3 is 41.9 Å². The highest BCUT2D eigenvalue weighted by Crippen LogP contribution is 2.20. The standard InChI is InChI=1S/2C20H16N2O4/c21-15-6-2-8-17(11-15)25-19(23)13-4-1-5-14(10-13)20(24)26-18-9-3-7-16(22)12-18;21-15-5-9-17(10-6-15)25-19(23)13-1-2-14(4-3-13)20(24)26-18-11-7-16(22)8-12-18/h2*1-12H,21-22H2. The number of anilines is 4. The minimum Gasteiger partial charge on any atom is -0.423 e. The maximum atomic E-state index is 12.3. The number of hydrogen-bond acceptors (Lipinski definition) is 12. The van der Waals surface area contributed by atoms with E-state index in [9.17, 15) is 19.2 Å². The number of nitrogen functional groups attached to an aromatic ring is 4. The molecule has 0 saturated heterocycles. The van der Waals surface area contributed by atoms with Gasteiger partial charge in [-0.3, -0.25) is 0 Å². The zero-order valence-corrected chi connectivity index (χ0v) is 27.4. The molecule has 0 unspecified atom stereocenters. The van der Waals surface area contributed by atoms with Gasteiger partial charge >= 0.3 is 23.9 Å². The van der Waals surface area contributed by atoms with E-state index in [1.165, 1.54) is 42.5 Å². The van der Waals surface area contributed by atoms with Crippen LogP contribution in [0.5, 0.6) is 23.0 Å². The average molecular weight is 697 g/mol. The normalized spacial score (nSPS) is 10.2. The Morgan fingerprint density at radius 1 is 0.308 bits per heavy atom. The fraction of sp³-hybridized carbons (Fsp3) is 0. The van der Waals surface area contributed by atoms with Crippen molar-refractivity contribution in [3.63, 3.8) is 0 Å². The number of ether oxygens (including phenoxy) is 4. The summed E-state index contributed by atoms with van der Waals surface area (Å²) >= 11 is 0. The average Bonchev–Trinajstić information content (AvgIpc) is 3.14. The molecule has 260 valence electrons. The van der Waals surface area contributed by atoms with E-state index >= 15 is 0 Å². The quantitative estimate of drug-likeness (QED) is 0.0756. The summed E-state index contributed by atoms with van der Waals surface area (Å²) in [5, 5.41) is 0. The van der Waals surface area contributed by atoms with E-state index in [2.05, 4.69) is 0 Å². The summed E-state index contributed by atoms with van der Waals surface area (Å²) in [6.07, 6.45) is 0. The summed E-state index contributed by atoms with van der Waals surface area (Å²) in [7, 11) is 0. The summed E-state index contributed by atoms with van der Waals surface area (Å²) in [4.78, 5) is 48.8. The van der Waals surface area contributed by atoms with Crippen LogP contribution in [0.4, 0.5) is 22.7 Å². The molecule has 0 amide bonds. The zero-order chi connectivity index (χ0) is 37.0. The molecule has 0 aromatic heterocycles. The monoisotopic (exact) mass is 696 g/mol. The van der Waals surface area contributed by atoms with E-state index in [0.29, 0.717) is 56.9 Å². The summed E-state index contributed by atoms with van der Waals surface area (Å²) in [5.74, 6) is -0.859. The Labute approximate surface area is 298 Å². The molecule has 6 rings (SSSR count). The fourth-order valence-electron chi connectivity index (χ4n) is 4.41. The molecule has 0 radical (unpaired) electrons. The first-order chi connectivity index (χ1) is 25.0. The van der Waals surface area contributed by atoms with Gasteiger partial charge in [-0.05, 0) is 115 Å². The number of esters is 4. The Kier molecular flexibility index (Phi) is 11.4. The number of nitrogens with two attached hydrogens (primary N) is 4. The van der Waals surface area contributed by atoms with Crippen molar-refractivity contribution in [2.24, 2.45) is 0 Å². The van der Waals surface area contributed by atoms with Crippen molar-refractivity contribution in [2.75, 3.05) is 22.9 Å². The Bertz CT molecular complexity index is 2050. The highest BCUT2D eigenvalue weighted by molar-refractivity contribution is 5.97. The van der Waals surface area contributed by atoms with Crippen LogP contribution in [0.3, 0.4) is 0 Å². The lowest BCUT2D eigenvalue weighted by Crippen LogP contribution is -2.12. The number of benzene rings is 6. The van der Waals surface area contributed by atoms with Crippen molar-refractivity contribution in [2.45, 2.75) is 0 Å². The topological polar surface area (TPSA) is 209 Å². The van der Waals surface area contributed by atoms with Gasteiger partial charge in [0.2, 0.25) is 0 Å². The van der Waals surface area contributed by atoms with E-state index in [0.717, 1.165) is 0 Å². The molecule has 8 N–H and O–H groups in total. The van der Waals surface area contributed by atoms with Crippen LogP contribution >= 0.6 is 0 Å². The molecule has 12 heteroatoms. The maximum Gasteiger partial charge on any atom is 0.343 e. The molecule has 52 heavy (non-hydrogen) atoms. The molecule has 0 saturated carbocycles. The van der Waals surface area contributed by atoms with Gasteiger partial charge in [0.15, 0.2) is 0 Å². The van der Waals surface area contributed by atoms with E-state index in [4.69, 9.17) is 41.9 Å². The number of rotatable bonds is 8. The molecule has 0 spiro atoms. The van der Waals surface area contributed by atoms with Crippen LogP contribution in [-0.2, 0) is 0 Å². The maximum absolute atomic E-state index is 12.3. The van der Waals surface area contributed by atoms with Crippen LogP contribution in [0.2, 0.25) is 0 Å². The summed E-state index contributed by atoms with van der Waals surface area (Å²) in [6.45, 7) is 0. The largest absolute Gasteiger partial charge is 0.423 e. The van der Waals surface area contributed by atoms with Gasteiger partial charge in [-0.15, -0.1) is 0 Å². The van der Waals surface area contributed by atoms with Crippen LogP contribution in [-0.4, -0.2) is 23.9 Å². The SMILES string of the molecule is Nc1ccc(OC(=O)c2ccc(C(=O)Oc3ccc(N)cc3)cc2)cc1.Nc1cccc(OC(=O)c2cccc(C(=O)Oc3cccc(N)c3)c2)c1. The Hall–Kier alpha value is -7.60. The van der Waals surface area contributed by atoms with Gasteiger partial charge in [-0.2, -0.15) is 0 Å².